The van der Waals surface area contributed by atoms with Crippen molar-refractivity contribution in [3.8, 4) is 11.9 Å². The van der Waals surface area contributed by atoms with E-state index in [9.17, 15) is 5.26 Å². The first-order valence-corrected chi connectivity index (χ1v) is 7.75. The summed E-state index contributed by atoms with van der Waals surface area (Å²) in [7, 11) is 0. The van der Waals surface area contributed by atoms with Crippen molar-refractivity contribution in [1.29, 1.82) is 5.26 Å². The molecule has 0 fully saturated rings. The Bertz CT molecular complexity index is 726. The van der Waals surface area contributed by atoms with Crippen molar-refractivity contribution in [2.75, 3.05) is 30.3 Å². The molecule has 118 valence electrons. The van der Waals surface area contributed by atoms with Crippen LogP contribution in [0.3, 0.4) is 0 Å². The summed E-state index contributed by atoms with van der Waals surface area (Å²) < 4.78 is 5.45. The van der Waals surface area contributed by atoms with Crippen LogP contribution in [0.1, 0.15) is 23.6 Å². The summed E-state index contributed by atoms with van der Waals surface area (Å²) in [5.74, 6) is 0.958. The molecule has 6 heteroatoms. The number of nitriles is 1. The second-order valence-corrected chi connectivity index (χ2v) is 5.39. The van der Waals surface area contributed by atoms with Crippen LogP contribution in [-0.2, 0) is 12.8 Å². The van der Waals surface area contributed by atoms with Crippen LogP contribution < -0.4 is 15.4 Å². The minimum Gasteiger partial charge on any atom is -0.477 e. The van der Waals surface area contributed by atoms with E-state index in [0.717, 1.165) is 25.9 Å². The monoisotopic (exact) mass is 309 g/mol. The lowest BCUT2D eigenvalue weighted by Gasteiger charge is -2.23. The van der Waals surface area contributed by atoms with Crippen LogP contribution in [0.25, 0.3) is 0 Å². The Hall–Kier alpha value is -2.81. The van der Waals surface area contributed by atoms with Gasteiger partial charge in [-0.2, -0.15) is 15.2 Å². The predicted octanol–water partition coefficient (Wildman–Crippen LogP) is 1.93. The van der Waals surface area contributed by atoms with E-state index in [1.165, 1.54) is 11.1 Å². The van der Waals surface area contributed by atoms with Gasteiger partial charge < -0.3 is 15.4 Å². The number of rotatable bonds is 3. The standard InChI is InChI=1S/C17H19N5O/c1-2-23-16-14(11-18)15(20-17(19)21-16)22-9-7-12-5-3-4-6-13(12)8-10-22/h3-6H,2,7-10H2,1H3,(H2,19,20,21). The molecule has 0 spiro atoms. The van der Waals surface area contributed by atoms with Crippen LogP contribution in [-0.4, -0.2) is 29.7 Å². The van der Waals surface area contributed by atoms with Crippen LogP contribution in [0.4, 0.5) is 11.8 Å². The molecular formula is C17H19N5O. The molecule has 0 radical (unpaired) electrons. The summed E-state index contributed by atoms with van der Waals surface area (Å²) in [5.41, 5.74) is 8.85. The van der Waals surface area contributed by atoms with Crippen molar-refractivity contribution in [3.05, 3.63) is 41.0 Å². The number of hydrogen-bond donors (Lipinski definition) is 1. The van der Waals surface area contributed by atoms with Gasteiger partial charge in [0.1, 0.15) is 6.07 Å². The molecule has 2 N–H and O–H groups in total. The van der Waals surface area contributed by atoms with Crippen LogP contribution >= 0.6 is 0 Å². The quantitative estimate of drug-likeness (QED) is 0.932. The molecular weight excluding hydrogens is 290 g/mol. The average Bonchev–Trinajstić information content (AvgIpc) is 2.77. The van der Waals surface area contributed by atoms with Crippen molar-refractivity contribution in [2.45, 2.75) is 19.8 Å². The van der Waals surface area contributed by atoms with E-state index in [2.05, 4.69) is 45.2 Å². The fourth-order valence-electron chi connectivity index (χ4n) is 2.89. The lowest BCUT2D eigenvalue weighted by molar-refractivity contribution is 0.325. The lowest BCUT2D eigenvalue weighted by Crippen LogP contribution is -2.28. The Morgan fingerprint density at radius 2 is 1.87 bits per heavy atom. The number of anilines is 2. The van der Waals surface area contributed by atoms with Gasteiger partial charge in [0, 0.05) is 13.1 Å². The Kier molecular flexibility index (Phi) is 4.29. The van der Waals surface area contributed by atoms with Crippen molar-refractivity contribution in [3.63, 3.8) is 0 Å². The van der Waals surface area contributed by atoms with Crippen LogP contribution in [0, 0.1) is 11.3 Å². The van der Waals surface area contributed by atoms with Gasteiger partial charge in [0.05, 0.1) is 6.61 Å². The molecule has 0 saturated heterocycles. The van der Waals surface area contributed by atoms with E-state index in [4.69, 9.17) is 10.5 Å². The number of aromatic nitrogens is 2. The zero-order chi connectivity index (χ0) is 16.2. The van der Waals surface area contributed by atoms with E-state index in [-0.39, 0.29) is 11.8 Å². The maximum absolute atomic E-state index is 9.51. The maximum atomic E-state index is 9.51. The van der Waals surface area contributed by atoms with Gasteiger partial charge in [-0.15, -0.1) is 0 Å². The topological polar surface area (TPSA) is 88.1 Å². The number of nitrogen functional groups attached to an aromatic ring is 1. The minimum absolute atomic E-state index is 0.129. The number of fused-ring (bicyclic) bond motifs is 1. The van der Waals surface area contributed by atoms with E-state index >= 15 is 0 Å². The first kappa shape index (κ1) is 15.1. The van der Waals surface area contributed by atoms with Gasteiger partial charge in [0.15, 0.2) is 11.4 Å². The molecule has 2 heterocycles. The van der Waals surface area contributed by atoms with Gasteiger partial charge in [-0.3, -0.25) is 0 Å². The number of ether oxygens (including phenoxy) is 1. The van der Waals surface area contributed by atoms with Gasteiger partial charge in [-0.25, -0.2) is 0 Å². The molecule has 0 unspecified atom stereocenters. The first-order chi connectivity index (χ1) is 11.2. The van der Waals surface area contributed by atoms with Crippen molar-refractivity contribution < 1.29 is 4.74 Å². The summed E-state index contributed by atoms with van der Waals surface area (Å²) in [6, 6.07) is 10.6. The minimum atomic E-state index is 0.129. The third kappa shape index (κ3) is 3.04. The fraction of sp³-hybridized carbons (Fsp3) is 0.353. The summed E-state index contributed by atoms with van der Waals surface area (Å²) in [6.07, 6.45) is 1.82. The zero-order valence-electron chi connectivity index (χ0n) is 13.1. The Morgan fingerprint density at radius 3 is 2.43 bits per heavy atom. The number of hydrogen-bond acceptors (Lipinski definition) is 6. The van der Waals surface area contributed by atoms with Crippen molar-refractivity contribution >= 4 is 11.8 Å². The smallest absolute Gasteiger partial charge is 0.238 e. The third-order valence-electron chi connectivity index (χ3n) is 3.99. The molecule has 6 nitrogen and oxygen atoms in total. The predicted molar refractivity (Wildman–Crippen MR) is 88.4 cm³/mol. The Morgan fingerprint density at radius 1 is 1.22 bits per heavy atom. The number of nitrogens with zero attached hydrogens (tertiary/aromatic N) is 4. The highest BCUT2D eigenvalue weighted by Crippen LogP contribution is 2.28. The molecule has 3 rings (SSSR count). The molecule has 1 aromatic heterocycles. The second kappa shape index (κ2) is 6.53. The highest BCUT2D eigenvalue weighted by molar-refractivity contribution is 5.61. The van der Waals surface area contributed by atoms with Gasteiger partial charge >= 0.3 is 0 Å². The largest absolute Gasteiger partial charge is 0.477 e. The summed E-state index contributed by atoms with van der Waals surface area (Å²) in [6.45, 7) is 3.85. The summed E-state index contributed by atoms with van der Waals surface area (Å²) in [5, 5.41) is 9.51. The second-order valence-electron chi connectivity index (χ2n) is 5.39. The summed E-state index contributed by atoms with van der Waals surface area (Å²) >= 11 is 0. The number of nitrogens with two attached hydrogens (primary N) is 1. The highest BCUT2D eigenvalue weighted by Gasteiger charge is 2.22. The first-order valence-electron chi connectivity index (χ1n) is 7.75. The molecule has 0 aliphatic carbocycles. The van der Waals surface area contributed by atoms with E-state index in [1.807, 2.05) is 6.92 Å². The number of benzene rings is 1. The van der Waals surface area contributed by atoms with Gasteiger partial charge in [0.2, 0.25) is 11.8 Å². The highest BCUT2D eigenvalue weighted by atomic mass is 16.5. The van der Waals surface area contributed by atoms with Gasteiger partial charge in [-0.1, -0.05) is 24.3 Å². The van der Waals surface area contributed by atoms with Crippen LogP contribution in [0.5, 0.6) is 5.88 Å². The van der Waals surface area contributed by atoms with Crippen molar-refractivity contribution in [1.82, 2.24) is 9.97 Å². The molecule has 1 aliphatic heterocycles. The normalized spacial score (nSPS) is 13.8. The molecule has 0 saturated carbocycles. The Balaban J connectivity index is 1.95. The molecule has 0 amide bonds. The van der Waals surface area contributed by atoms with Crippen molar-refractivity contribution in [2.24, 2.45) is 0 Å². The van der Waals surface area contributed by atoms with E-state index in [1.54, 1.807) is 0 Å². The van der Waals surface area contributed by atoms with Gasteiger partial charge in [0.25, 0.3) is 0 Å². The van der Waals surface area contributed by atoms with Crippen LogP contribution in [0.15, 0.2) is 24.3 Å². The third-order valence-corrected chi connectivity index (χ3v) is 3.99. The molecule has 1 aromatic carbocycles. The molecule has 23 heavy (non-hydrogen) atoms. The van der Waals surface area contributed by atoms with E-state index in [0.29, 0.717) is 18.0 Å². The molecule has 0 bridgehead atoms. The summed E-state index contributed by atoms with van der Waals surface area (Å²) in [4.78, 5) is 10.4. The van der Waals surface area contributed by atoms with Gasteiger partial charge in [-0.05, 0) is 30.9 Å². The molecule has 2 aromatic rings. The molecule has 1 aliphatic rings. The maximum Gasteiger partial charge on any atom is 0.238 e. The van der Waals surface area contributed by atoms with Crippen LogP contribution in [0.2, 0.25) is 0 Å². The zero-order valence-corrected chi connectivity index (χ0v) is 13.1. The lowest BCUT2D eigenvalue weighted by atomic mass is 10.0. The Labute approximate surface area is 135 Å². The SMILES string of the molecule is CCOc1nc(N)nc(N2CCc3ccccc3CC2)c1C#N. The molecule has 0 atom stereocenters. The fourth-order valence-corrected chi connectivity index (χ4v) is 2.89. The average molecular weight is 309 g/mol. The van der Waals surface area contributed by atoms with E-state index < -0.39 is 0 Å².